The number of nitrogens with two attached hydrogens (primary N) is 1. The Morgan fingerprint density at radius 3 is 2.33 bits per heavy atom. The van der Waals surface area contributed by atoms with Gasteiger partial charge in [-0.3, -0.25) is 0 Å². The lowest BCUT2D eigenvalue weighted by molar-refractivity contribution is 0.386. The van der Waals surface area contributed by atoms with Crippen molar-refractivity contribution >= 4 is 0 Å². The van der Waals surface area contributed by atoms with Gasteiger partial charge in [0, 0.05) is 17.2 Å². The Labute approximate surface area is 111 Å². The Bertz CT molecular complexity index is 441. The van der Waals surface area contributed by atoms with E-state index in [4.69, 9.17) is 10.5 Å². The summed E-state index contributed by atoms with van der Waals surface area (Å²) in [6.07, 6.45) is 2.51. The number of benzene rings is 1. The van der Waals surface area contributed by atoms with E-state index in [9.17, 15) is 0 Å². The van der Waals surface area contributed by atoms with Gasteiger partial charge in [-0.05, 0) is 31.1 Å². The Morgan fingerprint density at radius 1 is 1.28 bits per heavy atom. The number of ether oxygens (including phenoxy) is 1. The molecule has 1 aliphatic carbocycles. The highest BCUT2D eigenvalue weighted by molar-refractivity contribution is 5.49. The van der Waals surface area contributed by atoms with Crippen molar-refractivity contribution < 1.29 is 4.74 Å². The zero-order valence-corrected chi connectivity index (χ0v) is 12.2. The van der Waals surface area contributed by atoms with Crippen LogP contribution in [0.2, 0.25) is 0 Å². The van der Waals surface area contributed by atoms with Crippen molar-refractivity contribution in [1.82, 2.24) is 0 Å². The maximum Gasteiger partial charge on any atom is 0.127 e. The molecular formula is C16H25NO. The molecule has 2 N–H and O–H groups in total. The lowest BCUT2D eigenvalue weighted by Crippen LogP contribution is -2.19. The van der Waals surface area contributed by atoms with Crippen LogP contribution < -0.4 is 10.5 Å². The van der Waals surface area contributed by atoms with Gasteiger partial charge in [-0.25, -0.2) is 0 Å². The standard InChI is InChI=1S/C16H25NO/c1-10-8-12(14(17)11-6-7-11)15(18-5)13(9-10)16(2,3)4/h8-9,11,14H,6-7,17H2,1-5H3. The maximum atomic E-state index is 6.38. The number of methoxy groups -OCH3 is 1. The normalized spacial score (nSPS) is 17.7. The highest BCUT2D eigenvalue weighted by Crippen LogP contribution is 2.45. The van der Waals surface area contributed by atoms with Gasteiger partial charge in [-0.15, -0.1) is 0 Å². The molecule has 0 aromatic heterocycles. The molecule has 0 radical (unpaired) electrons. The number of aryl methyl sites for hydroxylation is 1. The zero-order valence-electron chi connectivity index (χ0n) is 12.2. The van der Waals surface area contributed by atoms with Crippen molar-refractivity contribution in [2.45, 2.75) is 52.0 Å². The summed E-state index contributed by atoms with van der Waals surface area (Å²) in [5.74, 6) is 1.64. The Hall–Kier alpha value is -1.02. The van der Waals surface area contributed by atoms with Crippen LogP contribution in [-0.2, 0) is 5.41 Å². The van der Waals surface area contributed by atoms with Crippen molar-refractivity contribution in [1.29, 1.82) is 0 Å². The molecule has 0 aliphatic heterocycles. The van der Waals surface area contributed by atoms with E-state index in [0.29, 0.717) is 5.92 Å². The van der Waals surface area contributed by atoms with Crippen LogP contribution in [0.3, 0.4) is 0 Å². The minimum absolute atomic E-state index is 0.0788. The van der Waals surface area contributed by atoms with Gasteiger partial charge in [0.25, 0.3) is 0 Å². The van der Waals surface area contributed by atoms with Gasteiger partial charge in [0.05, 0.1) is 7.11 Å². The van der Waals surface area contributed by atoms with E-state index in [1.165, 1.54) is 29.5 Å². The lowest BCUT2D eigenvalue weighted by atomic mass is 9.82. The average molecular weight is 247 g/mol. The largest absolute Gasteiger partial charge is 0.496 e. The minimum atomic E-state index is 0.0788. The van der Waals surface area contributed by atoms with Crippen molar-refractivity contribution in [2.24, 2.45) is 11.7 Å². The molecule has 0 heterocycles. The van der Waals surface area contributed by atoms with Crippen molar-refractivity contribution in [3.63, 3.8) is 0 Å². The maximum absolute atomic E-state index is 6.38. The summed E-state index contributed by atoms with van der Waals surface area (Å²) < 4.78 is 5.68. The summed E-state index contributed by atoms with van der Waals surface area (Å²) >= 11 is 0. The van der Waals surface area contributed by atoms with Crippen LogP contribution in [0.15, 0.2) is 12.1 Å². The van der Waals surface area contributed by atoms with Crippen LogP contribution in [0.4, 0.5) is 0 Å². The van der Waals surface area contributed by atoms with Gasteiger partial charge in [0.1, 0.15) is 5.75 Å². The third kappa shape index (κ3) is 2.54. The zero-order chi connectivity index (χ0) is 13.5. The van der Waals surface area contributed by atoms with Crippen LogP contribution in [0.1, 0.15) is 56.3 Å². The minimum Gasteiger partial charge on any atom is -0.496 e. The van der Waals surface area contributed by atoms with Gasteiger partial charge >= 0.3 is 0 Å². The van der Waals surface area contributed by atoms with E-state index in [1.807, 2.05) is 0 Å². The fourth-order valence-corrected chi connectivity index (χ4v) is 2.54. The molecule has 2 nitrogen and oxygen atoms in total. The smallest absolute Gasteiger partial charge is 0.127 e. The molecule has 1 aromatic rings. The summed E-state index contributed by atoms with van der Waals surface area (Å²) in [6, 6.07) is 4.54. The highest BCUT2D eigenvalue weighted by Gasteiger charge is 2.33. The Balaban J connectivity index is 2.54. The van der Waals surface area contributed by atoms with E-state index in [1.54, 1.807) is 7.11 Å². The molecular weight excluding hydrogens is 222 g/mol. The number of rotatable bonds is 3. The molecule has 0 spiro atoms. The monoisotopic (exact) mass is 247 g/mol. The van der Waals surface area contributed by atoms with Crippen molar-refractivity contribution in [2.75, 3.05) is 7.11 Å². The van der Waals surface area contributed by atoms with Crippen LogP contribution in [-0.4, -0.2) is 7.11 Å². The second kappa shape index (κ2) is 4.58. The number of hydrogen-bond acceptors (Lipinski definition) is 2. The second-order valence-electron chi connectivity index (χ2n) is 6.55. The summed E-state index contributed by atoms with van der Waals surface area (Å²) in [5, 5.41) is 0. The van der Waals surface area contributed by atoms with Crippen LogP contribution in [0.25, 0.3) is 0 Å². The summed E-state index contributed by atoms with van der Waals surface area (Å²) in [6.45, 7) is 8.79. The van der Waals surface area contributed by atoms with Crippen LogP contribution >= 0.6 is 0 Å². The first kappa shape index (κ1) is 13.4. The summed E-state index contributed by atoms with van der Waals surface area (Å²) in [4.78, 5) is 0. The van der Waals surface area contributed by atoms with Crippen LogP contribution in [0, 0.1) is 12.8 Å². The molecule has 0 bridgehead atoms. The predicted octanol–water partition coefficient (Wildman–Crippen LogP) is 3.71. The molecule has 0 saturated heterocycles. The quantitative estimate of drug-likeness (QED) is 0.883. The summed E-state index contributed by atoms with van der Waals surface area (Å²) in [7, 11) is 1.75. The molecule has 2 heteroatoms. The van der Waals surface area contributed by atoms with E-state index in [2.05, 4.69) is 39.8 Å². The van der Waals surface area contributed by atoms with Gasteiger partial charge in [-0.2, -0.15) is 0 Å². The molecule has 100 valence electrons. The average Bonchev–Trinajstić information content (AvgIpc) is 3.09. The van der Waals surface area contributed by atoms with Crippen LogP contribution in [0.5, 0.6) is 5.75 Å². The van der Waals surface area contributed by atoms with E-state index in [0.717, 1.165) is 5.75 Å². The lowest BCUT2D eigenvalue weighted by Gasteiger charge is -2.26. The topological polar surface area (TPSA) is 35.2 Å². The fourth-order valence-electron chi connectivity index (χ4n) is 2.54. The molecule has 2 rings (SSSR count). The highest BCUT2D eigenvalue weighted by atomic mass is 16.5. The fraction of sp³-hybridized carbons (Fsp3) is 0.625. The molecule has 1 aliphatic rings. The number of hydrogen-bond donors (Lipinski definition) is 1. The van der Waals surface area contributed by atoms with Gasteiger partial charge in [0.15, 0.2) is 0 Å². The predicted molar refractivity (Wildman–Crippen MR) is 76.1 cm³/mol. The van der Waals surface area contributed by atoms with Crippen molar-refractivity contribution in [3.05, 3.63) is 28.8 Å². The molecule has 1 atom stereocenters. The molecule has 0 amide bonds. The van der Waals surface area contributed by atoms with Gasteiger partial charge in [0.2, 0.25) is 0 Å². The van der Waals surface area contributed by atoms with Gasteiger partial charge < -0.3 is 10.5 Å². The first-order chi connectivity index (χ1) is 8.34. The van der Waals surface area contributed by atoms with E-state index in [-0.39, 0.29) is 11.5 Å². The molecule has 18 heavy (non-hydrogen) atoms. The van der Waals surface area contributed by atoms with E-state index < -0.39 is 0 Å². The second-order valence-corrected chi connectivity index (χ2v) is 6.55. The van der Waals surface area contributed by atoms with Crippen molar-refractivity contribution in [3.8, 4) is 5.75 Å². The molecule has 1 fully saturated rings. The first-order valence-corrected chi connectivity index (χ1v) is 6.79. The third-order valence-electron chi connectivity index (χ3n) is 3.76. The summed E-state index contributed by atoms with van der Waals surface area (Å²) in [5.41, 5.74) is 10.2. The van der Waals surface area contributed by atoms with E-state index >= 15 is 0 Å². The molecule has 1 aromatic carbocycles. The SMILES string of the molecule is COc1c(C(N)C2CC2)cc(C)cc1C(C)(C)C. The van der Waals surface area contributed by atoms with Gasteiger partial charge in [-0.1, -0.05) is 38.5 Å². The molecule has 1 saturated carbocycles. The molecule has 1 unspecified atom stereocenters. The Morgan fingerprint density at radius 2 is 1.89 bits per heavy atom. The third-order valence-corrected chi connectivity index (χ3v) is 3.76. The first-order valence-electron chi connectivity index (χ1n) is 6.79. The Kier molecular flexibility index (Phi) is 3.41.